The van der Waals surface area contributed by atoms with E-state index in [2.05, 4.69) is 0 Å². The Kier molecular flexibility index (Phi) is 7.86. The van der Waals surface area contributed by atoms with Crippen molar-refractivity contribution >= 4 is 5.78 Å². The molecule has 0 bridgehead atoms. The summed E-state index contributed by atoms with van der Waals surface area (Å²) in [6.45, 7) is 4.32. The Morgan fingerprint density at radius 2 is 1.79 bits per heavy atom. The third-order valence-electron chi connectivity index (χ3n) is 2.63. The first kappa shape index (κ1) is 15.7. The van der Waals surface area contributed by atoms with E-state index in [0.717, 1.165) is 17.7 Å². The molecule has 0 heterocycles. The Morgan fingerprint density at radius 1 is 1.05 bits per heavy atom. The molecule has 1 aromatic carbocycles. The van der Waals surface area contributed by atoms with Crippen LogP contribution in [0.25, 0.3) is 0 Å². The topological polar surface area (TPSA) is 44.8 Å². The highest BCUT2D eigenvalue weighted by Crippen LogP contribution is 2.13. The van der Waals surface area contributed by atoms with Crippen LogP contribution < -0.4 is 4.74 Å². The van der Waals surface area contributed by atoms with Gasteiger partial charge in [0, 0.05) is 32.3 Å². The molecule has 0 fully saturated rings. The number of Topliss-reactive ketones (excluding diaryl/α,β-unsaturated/α-hetero) is 1. The molecule has 0 unspecified atom stereocenters. The van der Waals surface area contributed by atoms with Gasteiger partial charge in [0.15, 0.2) is 5.78 Å². The standard InChI is InChI=1S/C15H22O4/c1-3-15(16)13-5-7-14(8-6-13)19-12-11-18-10-4-9-17-2/h5-8H,3-4,9-12H2,1-2H3. The summed E-state index contributed by atoms with van der Waals surface area (Å²) in [7, 11) is 1.68. The van der Waals surface area contributed by atoms with E-state index >= 15 is 0 Å². The number of carbonyl (C=O) groups excluding carboxylic acids is 1. The van der Waals surface area contributed by atoms with E-state index in [4.69, 9.17) is 14.2 Å². The van der Waals surface area contributed by atoms with E-state index in [9.17, 15) is 4.79 Å². The van der Waals surface area contributed by atoms with Crippen LogP contribution in [0.4, 0.5) is 0 Å². The first-order valence-electron chi connectivity index (χ1n) is 6.60. The van der Waals surface area contributed by atoms with E-state index in [0.29, 0.717) is 32.8 Å². The van der Waals surface area contributed by atoms with E-state index in [1.165, 1.54) is 0 Å². The molecule has 19 heavy (non-hydrogen) atoms. The first-order chi connectivity index (χ1) is 9.27. The van der Waals surface area contributed by atoms with Crippen molar-refractivity contribution in [3.63, 3.8) is 0 Å². The zero-order chi connectivity index (χ0) is 13.9. The van der Waals surface area contributed by atoms with Crippen molar-refractivity contribution in [2.45, 2.75) is 19.8 Å². The smallest absolute Gasteiger partial charge is 0.162 e. The van der Waals surface area contributed by atoms with Crippen LogP contribution in [0, 0.1) is 0 Å². The number of ketones is 1. The molecule has 0 amide bonds. The molecule has 4 nitrogen and oxygen atoms in total. The average molecular weight is 266 g/mol. The fourth-order valence-corrected chi connectivity index (χ4v) is 1.57. The highest BCUT2D eigenvalue weighted by atomic mass is 16.5. The van der Waals surface area contributed by atoms with Gasteiger partial charge in [0.25, 0.3) is 0 Å². The van der Waals surface area contributed by atoms with Crippen molar-refractivity contribution < 1.29 is 19.0 Å². The van der Waals surface area contributed by atoms with Gasteiger partial charge in [-0.3, -0.25) is 4.79 Å². The SMILES string of the molecule is CCC(=O)c1ccc(OCCOCCCOC)cc1. The minimum Gasteiger partial charge on any atom is -0.491 e. The van der Waals surface area contributed by atoms with E-state index in [1.54, 1.807) is 19.2 Å². The Bertz CT molecular complexity index is 359. The molecule has 0 aliphatic carbocycles. The maximum absolute atomic E-state index is 11.4. The van der Waals surface area contributed by atoms with E-state index in [-0.39, 0.29) is 5.78 Å². The lowest BCUT2D eigenvalue weighted by molar-refractivity contribution is 0.0806. The maximum atomic E-state index is 11.4. The quantitative estimate of drug-likeness (QED) is 0.482. The zero-order valence-corrected chi connectivity index (χ0v) is 11.7. The molecule has 1 aromatic rings. The molecule has 0 aliphatic heterocycles. The van der Waals surface area contributed by atoms with Crippen LogP contribution in [0.15, 0.2) is 24.3 Å². The second kappa shape index (κ2) is 9.53. The van der Waals surface area contributed by atoms with Crippen molar-refractivity contribution in [3.8, 4) is 5.75 Å². The third kappa shape index (κ3) is 6.36. The molecular formula is C15H22O4. The summed E-state index contributed by atoms with van der Waals surface area (Å²) >= 11 is 0. The maximum Gasteiger partial charge on any atom is 0.162 e. The van der Waals surface area contributed by atoms with Crippen molar-refractivity contribution in [2.75, 3.05) is 33.5 Å². The van der Waals surface area contributed by atoms with Gasteiger partial charge in [0.05, 0.1) is 6.61 Å². The number of carbonyl (C=O) groups is 1. The van der Waals surface area contributed by atoms with Crippen LogP contribution in [0.5, 0.6) is 5.75 Å². The zero-order valence-electron chi connectivity index (χ0n) is 11.7. The molecule has 4 heteroatoms. The summed E-state index contributed by atoms with van der Waals surface area (Å²) in [4.78, 5) is 11.4. The molecule has 0 atom stereocenters. The van der Waals surface area contributed by atoms with Crippen LogP contribution in [-0.4, -0.2) is 39.3 Å². The number of rotatable bonds is 10. The molecule has 106 valence electrons. The predicted octanol–water partition coefficient (Wildman–Crippen LogP) is 2.71. The van der Waals surface area contributed by atoms with E-state index < -0.39 is 0 Å². The first-order valence-corrected chi connectivity index (χ1v) is 6.60. The van der Waals surface area contributed by atoms with Crippen LogP contribution in [0.2, 0.25) is 0 Å². The minimum atomic E-state index is 0.146. The molecule has 0 aromatic heterocycles. The van der Waals surface area contributed by atoms with Crippen LogP contribution >= 0.6 is 0 Å². The number of benzene rings is 1. The van der Waals surface area contributed by atoms with Crippen LogP contribution in [0.1, 0.15) is 30.1 Å². The summed E-state index contributed by atoms with van der Waals surface area (Å²) in [5.41, 5.74) is 0.727. The molecule has 0 saturated carbocycles. The lowest BCUT2D eigenvalue weighted by atomic mass is 10.1. The van der Waals surface area contributed by atoms with Gasteiger partial charge >= 0.3 is 0 Å². The fourth-order valence-electron chi connectivity index (χ4n) is 1.57. The van der Waals surface area contributed by atoms with Crippen molar-refractivity contribution in [2.24, 2.45) is 0 Å². The average Bonchev–Trinajstić information content (AvgIpc) is 2.46. The number of hydrogen-bond acceptors (Lipinski definition) is 4. The number of ether oxygens (including phenoxy) is 3. The van der Waals surface area contributed by atoms with Crippen molar-refractivity contribution in [1.29, 1.82) is 0 Å². The molecule has 0 spiro atoms. The number of hydrogen-bond donors (Lipinski definition) is 0. The Morgan fingerprint density at radius 3 is 2.42 bits per heavy atom. The minimum absolute atomic E-state index is 0.146. The normalized spacial score (nSPS) is 10.4. The fraction of sp³-hybridized carbons (Fsp3) is 0.533. The Balaban J connectivity index is 2.18. The molecule has 1 rings (SSSR count). The van der Waals surface area contributed by atoms with E-state index in [1.807, 2.05) is 19.1 Å². The second-order valence-corrected chi connectivity index (χ2v) is 4.11. The summed E-state index contributed by atoms with van der Waals surface area (Å²) in [5.74, 6) is 0.904. The molecule has 0 aliphatic rings. The van der Waals surface area contributed by atoms with Crippen molar-refractivity contribution in [1.82, 2.24) is 0 Å². The summed E-state index contributed by atoms with van der Waals surface area (Å²) in [6, 6.07) is 7.21. The van der Waals surface area contributed by atoms with Crippen LogP contribution in [-0.2, 0) is 9.47 Å². The van der Waals surface area contributed by atoms with Gasteiger partial charge in [-0.1, -0.05) is 6.92 Å². The molecular weight excluding hydrogens is 244 g/mol. The highest BCUT2D eigenvalue weighted by Gasteiger charge is 2.02. The second-order valence-electron chi connectivity index (χ2n) is 4.11. The monoisotopic (exact) mass is 266 g/mol. The lowest BCUT2D eigenvalue weighted by Crippen LogP contribution is -2.08. The molecule has 0 N–H and O–H groups in total. The number of methoxy groups -OCH3 is 1. The summed E-state index contributed by atoms with van der Waals surface area (Å²) in [5, 5.41) is 0. The third-order valence-corrected chi connectivity index (χ3v) is 2.63. The largest absolute Gasteiger partial charge is 0.491 e. The van der Waals surface area contributed by atoms with Gasteiger partial charge in [-0.15, -0.1) is 0 Å². The van der Waals surface area contributed by atoms with Gasteiger partial charge in [0.1, 0.15) is 12.4 Å². The van der Waals surface area contributed by atoms with Gasteiger partial charge in [-0.05, 0) is 30.7 Å². The van der Waals surface area contributed by atoms with Gasteiger partial charge < -0.3 is 14.2 Å². The predicted molar refractivity (Wildman–Crippen MR) is 73.9 cm³/mol. The Labute approximate surface area is 114 Å². The van der Waals surface area contributed by atoms with Gasteiger partial charge in [0.2, 0.25) is 0 Å². The molecule has 0 radical (unpaired) electrons. The van der Waals surface area contributed by atoms with Gasteiger partial charge in [-0.25, -0.2) is 0 Å². The summed E-state index contributed by atoms with van der Waals surface area (Å²) in [6.07, 6.45) is 1.42. The summed E-state index contributed by atoms with van der Waals surface area (Å²) < 4.78 is 15.8. The van der Waals surface area contributed by atoms with Crippen LogP contribution in [0.3, 0.4) is 0 Å². The Hall–Kier alpha value is -1.39. The van der Waals surface area contributed by atoms with Gasteiger partial charge in [-0.2, -0.15) is 0 Å². The lowest BCUT2D eigenvalue weighted by Gasteiger charge is -2.07. The highest BCUT2D eigenvalue weighted by molar-refractivity contribution is 5.95. The molecule has 0 saturated heterocycles. The van der Waals surface area contributed by atoms with Crippen molar-refractivity contribution in [3.05, 3.63) is 29.8 Å².